The Hall–Kier alpha value is -0.660. The lowest BCUT2D eigenvalue weighted by atomic mass is 10.2. The fourth-order valence-electron chi connectivity index (χ4n) is 1.95. The first-order chi connectivity index (χ1) is 9.99. The number of aryl methyl sites for hydroxylation is 1. The minimum Gasteiger partial charge on any atom is -0.464 e. The lowest BCUT2D eigenvalue weighted by Crippen LogP contribution is -2.44. The van der Waals surface area contributed by atoms with Crippen molar-refractivity contribution in [2.24, 2.45) is 0 Å². The Bertz CT molecular complexity index is 559. The van der Waals surface area contributed by atoms with E-state index in [0.29, 0.717) is 5.69 Å². The van der Waals surface area contributed by atoms with E-state index in [1.807, 2.05) is 25.1 Å². The first-order valence-electron chi connectivity index (χ1n) is 6.52. The predicted molar refractivity (Wildman–Crippen MR) is 91.8 cm³/mol. The monoisotopic (exact) mass is 389 g/mol. The van der Waals surface area contributed by atoms with E-state index in [4.69, 9.17) is 4.74 Å². The van der Waals surface area contributed by atoms with Gasteiger partial charge in [-0.15, -0.1) is 23.5 Å². The Kier molecular flexibility index (Phi) is 5.62. The fraction of sp³-hybridized carbons (Fsp3) is 0.429. The summed E-state index contributed by atoms with van der Waals surface area (Å²) in [5, 5.41) is 2.86. The third kappa shape index (κ3) is 3.57. The second-order valence-corrected chi connectivity index (χ2v) is 8.24. The summed E-state index contributed by atoms with van der Waals surface area (Å²) in [6.07, 6.45) is 0. The Balaban J connectivity index is 2.21. The van der Waals surface area contributed by atoms with Gasteiger partial charge in [0, 0.05) is 21.7 Å². The summed E-state index contributed by atoms with van der Waals surface area (Å²) in [5.74, 6) is 0.732. The molecule has 0 radical (unpaired) electrons. The van der Waals surface area contributed by atoms with Gasteiger partial charge in [-0.1, -0.05) is 15.9 Å². The highest BCUT2D eigenvalue weighted by atomic mass is 79.9. The molecule has 114 valence electrons. The largest absolute Gasteiger partial charge is 0.464 e. The fourth-order valence-corrected chi connectivity index (χ4v) is 5.22. The summed E-state index contributed by atoms with van der Waals surface area (Å²) in [6, 6.07) is 5.59. The molecule has 1 amide bonds. The van der Waals surface area contributed by atoms with Crippen LogP contribution in [0.25, 0.3) is 0 Å². The van der Waals surface area contributed by atoms with Gasteiger partial charge < -0.3 is 10.1 Å². The van der Waals surface area contributed by atoms with Crippen molar-refractivity contribution >= 4 is 57.0 Å². The molecule has 1 aromatic carbocycles. The molecule has 1 aromatic rings. The molecule has 4 nitrogen and oxygen atoms in total. The molecule has 7 heteroatoms. The van der Waals surface area contributed by atoms with Gasteiger partial charge >= 0.3 is 5.97 Å². The van der Waals surface area contributed by atoms with Gasteiger partial charge in [0.2, 0.25) is 4.08 Å². The molecule has 0 bridgehead atoms. The van der Waals surface area contributed by atoms with Crippen LogP contribution in [0.4, 0.5) is 5.69 Å². The Morgan fingerprint density at radius 1 is 1.38 bits per heavy atom. The van der Waals surface area contributed by atoms with Crippen molar-refractivity contribution in [3.8, 4) is 0 Å². The zero-order valence-electron chi connectivity index (χ0n) is 11.8. The summed E-state index contributed by atoms with van der Waals surface area (Å²) in [4.78, 5) is 24.8. The third-order valence-corrected chi connectivity index (χ3v) is 6.77. The van der Waals surface area contributed by atoms with Gasteiger partial charge in [-0.05, 0) is 37.6 Å². The molecule has 1 saturated heterocycles. The van der Waals surface area contributed by atoms with Crippen molar-refractivity contribution in [1.29, 1.82) is 0 Å². The second kappa shape index (κ2) is 7.07. The number of thioether (sulfide) groups is 2. The number of hydrogen-bond donors (Lipinski definition) is 1. The van der Waals surface area contributed by atoms with Crippen LogP contribution < -0.4 is 5.32 Å². The van der Waals surface area contributed by atoms with Gasteiger partial charge in [0.15, 0.2) is 0 Å². The highest BCUT2D eigenvalue weighted by Gasteiger charge is 2.51. The molecule has 1 aliphatic heterocycles. The maximum atomic E-state index is 12.6. The number of ether oxygens (including phenoxy) is 1. The van der Waals surface area contributed by atoms with Crippen LogP contribution in [0.5, 0.6) is 0 Å². The zero-order valence-corrected chi connectivity index (χ0v) is 15.0. The van der Waals surface area contributed by atoms with Gasteiger partial charge in [-0.25, -0.2) is 4.79 Å². The average molecular weight is 390 g/mol. The summed E-state index contributed by atoms with van der Waals surface area (Å²) < 4.78 is 4.85. The molecule has 0 atom stereocenters. The van der Waals surface area contributed by atoms with Crippen LogP contribution in [-0.4, -0.2) is 34.1 Å². The Morgan fingerprint density at radius 2 is 2.05 bits per heavy atom. The van der Waals surface area contributed by atoms with Crippen molar-refractivity contribution in [3.63, 3.8) is 0 Å². The molecule has 0 aliphatic carbocycles. The van der Waals surface area contributed by atoms with Crippen molar-refractivity contribution in [1.82, 2.24) is 0 Å². The smallest absolute Gasteiger partial charge is 0.342 e. The number of rotatable bonds is 4. The number of halogens is 1. The van der Waals surface area contributed by atoms with Gasteiger partial charge in [-0.3, -0.25) is 4.79 Å². The van der Waals surface area contributed by atoms with Crippen LogP contribution in [0.3, 0.4) is 0 Å². The van der Waals surface area contributed by atoms with Gasteiger partial charge in [0.05, 0.1) is 6.61 Å². The number of nitrogens with one attached hydrogen (secondary N) is 1. The molecule has 1 aliphatic rings. The molecular formula is C14H16BrNO3S2. The number of amides is 1. The number of carbonyl (C=O) groups excluding carboxylic acids is 2. The van der Waals surface area contributed by atoms with Crippen LogP contribution in [0.2, 0.25) is 0 Å². The summed E-state index contributed by atoms with van der Waals surface area (Å²) in [6.45, 7) is 3.92. The molecule has 0 saturated carbocycles. The topological polar surface area (TPSA) is 55.4 Å². The maximum Gasteiger partial charge on any atom is 0.342 e. The predicted octanol–water partition coefficient (Wildman–Crippen LogP) is 3.44. The van der Waals surface area contributed by atoms with Crippen LogP contribution in [0.15, 0.2) is 22.7 Å². The average Bonchev–Trinajstić information content (AvgIpc) is 2.93. The van der Waals surface area contributed by atoms with Gasteiger partial charge in [-0.2, -0.15) is 0 Å². The van der Waals surface area contributed by atoms with E-state index in [1.165, 1.54) is 23.5 Å². The van der Waals surface area contributed by atoms with Crippen molar-refractivity contribution < 1.29 is 14.3 Å². The summed E-state index contributed by atoms with van der Waals surface area (Å²) in [5.41, 5.74) is 1.64. The maximum absolute atomic E-state index is 12.6. The molecular weight excluding hydrogens is 374 g/mol. The number of esters is 1. The SMILES string of the molecule is CCOC(=O)C1(C(=O)Nc2ccc(Br)cc2C)SCCS1. The van der Waals surface area contributed by atoms with E-state index in [0.717, 1.165) is 21.5 Å². The summed E-state index contributed by atoms with van der Waals surface area (Å²) in [7, 11) is 0. The molecule has 0 aromatic heterocycles. The summed E-state index contributed by atoms with van der Waals surface area (Å²) >= 11 is 6.07. The van der Waals surface area contributed by atoms with E-state index in [1.54, 1.807) is 6.92 Å². The standard InChI is InChI=1S/C14H16BrNO3S2/c1-3-19-13(18)14(20-6-7-21-14)12(17)16-11-5-4-10(15)8-9(11)2/h4-5,8H,3,6-7H2,1-2H3,(H,16,17). The van der Waals surface area contributed by atoms with E-state index < -0.39 is 10.0 Å². The van der Waals surface area contributed by atoms with Crippen LogP contribution in [0.1, 0.15) is 12.5 Å². The van der Waals surface area contributed by atoms with Crippen molar-refractivity contribution in [2.75, 3.05) is 23.4 Å². The van der Waals surface area contributed by atoms with E-state index in [2.05, 4.69) is 21.2 Å². The second-order valence-electron chi connectivity index (χ2n) is 4.45. The number of carbonyl (C=O) groups is 2. The minimum absolute atomic E-state index is 0.270. The first kappa shape index (κ1) is 16.7. The van der Waals surface area contributed by atoms with E-state index >= 15 is 0 Å². The molecule has 21 heavy (non-hydrogen) atoms. The molecule has 1 heterocycles. The number of benzene rings is 1. The Labute approximate surface area is 140 Å². The lowest BCUT2D eigenvalue weighted by molar-refractivity contribution is -0.145. The van der Waals surface area contributed by atoms with Crippen LogP contribution >= 0.6 is 39.5 Å². The van der Waals surface area contributed by atoms with Crippen molar-refractivity contribution in [2.45, 2.75) is 17.9 Å². The number of hydrogen-bond acceptors (Lipinski definition) is 5. The normalized spacial score (nSPS) is 16.5. The highest BCUT2D eigenvalue weighted by molar-refractivity contribution is 9.10. The van der Waals surface area contributed by atoms with Crippen LogP contribution in [-0.2, 0) is 14.3 Å². The van der Waals surface area contributed by atoms with Gasteiger partial charge in [0.25, 0.3) is 5.91 Å². The Morgan fingerprint density at radius 3 is 2.62 bits per heavy atom. The molecule has 1 N–H and O–H groups in total. The van der Waals surface area contributed by atoms with E-state index in [-0.39, 0.29) is 12.5 Å². The third-order valence-electron chi connectivity index (χ3n) is 2.97. The van der Waals surface area contributed by atoms with Gasteiger partial charge in [0.1, 0.15) is 0 Å². The lowest BCUT2D eigenvalue weighted by Gasteiger charge is -2.24. The van der Waals surface area contributed by atoms with Crippen LogP contribution in [0, 0.1) is 6.92 Å². The zero-order chi connectivity index (χ0) is 15.5. The highest BCUT2D eigenvalue weighted by Crippen LogP contribution is 2.45. The molecule has 0 spiro atoms. The number of anilines is 1. The van der Waals surface area contributed by atoms with Crippen molar-refractivity contribution in [3.05, 3.63) is 28.2 Å². The molecule has 1 fully saturated rings. The quantitative estimate of drug-likeness (QED) is 0.631. The minimum atomic E-state index is -1.18. The molecule has 0 unspecified atom stereocenters. The molecule has 2 rings (SSSR count). The first-order valence-corrected chi connectivity index (χ1v) is 9.28. The van der Waals surface area contributed by atoms with E-state index in [9.17, 15) is 9.59 Å².